The average molecular weight is 226 g/mol. The molecule has 1 amide bonds. The van der Waals surface area contributed by atoms with Gasteiger partial charge in [0.15, 0.2) is 0 Å². The maximum absolute atomic E-state index is 11.4. The first kappa shape index (κ1) is 13.5. The van der Waals surface area contributed by atoms with Gasteiger partial charge in [-0.1, -0.05) is 20.8 Å². The van der Waals surface area contributed by atoms with E-state index in [2.05, 4.69) is 24.5 Å². The summed E-state index contributed by atoms with van der Waals surface area (Å²) < 4.78 is 0. The minimum Gasteiger partial charge on any atom is -0.356 e. The van der Waals surface area contributed by atoms with Crippen LogP contribution in [0.15, 0.2) is 0 Å². The first-order valence-electron chi connectivity index (χ1n) is 6.53. The third-order valence-corrected chi connectivity index (χ3v) is 3.66. The highest BCUT2D eigenvalue weighted by Gasteiger charge is 2.30. The molecule has 0 aliphatic carbocycles. The van der Waals surface area contributed by atoms with Gasteiger partial charge in [0.25, 0.3) is 0 Å². The predicted octanol–water partition coefficient (Wildman–Crippen LogP) is 1.93. The second-order valence-corrected chi connectivity index (χ2v) is 5.54. The van der Waals surface area contributed by atoms with Crippen molar-refractivity contribution in [3.05, 3.63) is 0 Å². The summed E-state index contributed by atoms with van der Waals surface area (Å²) in [5.41, 5.74) is 0.228. The first-order valence-corrected chi connectivity index (χ1v) is 6.53. The number of piperidine rings is 1. The number of carbonyl (C=O) groups is 1. The SMILES string of the molecule is CCCC(=O)NCC(C)(C)C1CCNCC1. The Morgan fingerprint density at radius 3 is 2.56 bits per heavy atom. The minimum atomic E-state index is 0.199. The van der Waals surface area contributed by atoms with Crippen molar-refractivity contribution >= 4 is 5.91 Å². The van der Waals surface area contributed by atoms with E-state index >= 15 is 0 Å². The summed E-state index contributed by atoms with van der Waals surface area (Å²) in [6.07, 6.45) is 4.05. The normalized spacial score (nSPS) is 18.4. The van der Waals surface area contributed by atoms with Crippen LogP contribution >= 0.6 is 0 Å². The monoisotopic (exact) mass is 226 g/mol. The molecule has 0 atom stereocenters. The van der Waals surface area contributed by atoms with Gasteiger partial charge < -0.3 is 10.6 Å². The van der Waals surface area contributed by atoms with E-state index in [9.17, 15) is 4.79 Å². The Kier molecular flexibility index (Phi) is 5.26. The maximum Gasteiger partial charge on any atom is 0.220 e. The van der Waals surface area contributed by atoms with Crippen molar-refractivity contribution in [3.8, 4) is 0 Å². The van der Waals surface area contributed by atoms with Crippen LogP contribution in [0.4, 0.5) is 0 Å². The van der Waals surface area contributed by atoms with Crippen LogP contribution < -0.4 is 10.6 Å². The Bertz CT molecular complexity index is 220. The van der Waals surface area contributed by atoms with Crippen molar-refractivity contribution in [1.82, 2.24) is 10.6 Å². The molecule has 3 nitrogen and oxygen atoms in total. The van der Waals surface area contributed by atoms with E-state index in [0.29, 0.717) is 6.42 Å². The van der Waals surface area contributed by atoms with Crippen molar-refractivity contribution in [2.24, 2.45) is 11.3 Å². The topological polar surface area (TPSA) is 41.1 Å². The molecule has 1 rings (SSSR count). The zero-order valence-electron chi connectivity index (χ0n) is 10.9. The molecular formula is C13H26N2O. The van der Waals surface area contributed by atoms with Crippen LogP contribution in [0.5, 0.6) is 0 Å². The van der Waals surface area contributed by atoms with Gasteiger partial charge in [0, 0.05) is 13.0 Å². The van der Waals surface area contributed by atoms with Crippen molar-refractivity contribution in [1.29, 1.82) is 0 Å². The number of amides is 1. The molecule has 1 aliphatic rings. The van der Waals surface area contributed by atoms with Gasteiger partial charge in [-0.25, -0.2) is 0 Å². The van der Waals surface area contributed by atoms with Crippen molar-refractivity contribution in [2.45, 2.75) is 46.5 Å². The average Bonchev–Trinajstić information content (AvgIpc) is 2.28. The van der Waals surface area contributed by atoms with E-state index in [-0.39, 0.29) is 11.3 Å². The number of hydrogen-bond donors (Lipinski definition) is 2. The standard InChI is InChI=1S/C13H26N2O/c1-4-5-12(16)15-10-13(2,3)11-6-8-14-9-7-11/h11,14H,4-10H2,1-3H3,(H,15,16). The van der Waals surface area contributed by atoms with Crippen LogP contribution in [0.25, 0.3) is 0 Å². The van der Waals surface area contributed by atoms with E-state index in [1.54, 1.807) is 0 Å². The molecule has 0 aromatic heterocycles. The Morgan fingerprint density at radius 1 is 1.38 bits per heavy atom. The molecular weight excluding hydrogens is 200 g/mol. The summed E-state index contributed by atoms with van der Waals surface area (Å²) in [5, 5.41) is 6.45. The molecule has 2 N–H and O–H groups in total. The number of rotatable bonds is 5. The van der Waals surface area contributed by atoms with E-state index in [1.807, 2.05) is 6.92 Å². The largest absolute Gasteiger partial charge is 0.356 e. The number of carbonyl (C=O) groups excluding carboxylic acids is 1. The summed E-state index contributed by atoms with van der Waals surface area (Å²) in [6, 6.07) is 0. The Morgan fingerprint density at radius 2 is 2.00 bits per heavy atom. The summed E-state index contributed by atoms with van der Waals surface area (Å²) >= 11 is 0. The highest BCUT2D eigenvalue weighted by molar-refractivity contribution is 5.75. The van der Waals surface area contributed by atoms with Gasteiger partial charge in [0.2, 0.25) is 5.91 Å². The highest BCUT2D eigenvalue weighted by Crippen LogP contribution is 2.32. The Balaban J connectivity index is 2.34. The van der Waals surface area contributed by atoms with E-state index < -0.39 is 0 Å². The second kappa shape index (κ2) is 6.24. The molecule has 3 heteroatoms. The second-order valence-electron chi connectivity index (χ2n) is 5.54. The van der Waals surface area contributed by atoms with Gasteiger partial charge in [-0.15, -0.1) is 0 Å². The van der Waals surface area contributed by atoms with Crippen molar-refractivity contribution in [3.63, 3.8) is 0 Å². The summed E-state index contributed by atoms with van der Waals surface area (Å²) in [5.74, 6) is 0.931. The third-order valence-electron chi connectivity index (χ3n) is 3.66. The summed E-state index contributed by atoms with van der Waals surface area (Å²) in [6.45, 7) is 9.65. The number of hydrogen-bond acceptors (Lipinski definition) is 2. The highest BCUT2D eigenvalue weighted by atomic mass is 16.1. The fourth-order valence-electron chi connectivity index (χ4n) is 2.39. The maximum atomic E-state index is 11.4. The fraction of sp³-hybridized carbons (Fsp3) is 0.923. The molecule has 0 unspecified atom stereocenters. The van der Waals surface area contributed by atoms with Gasteiger partial charge in [0.1, 0.15) is 0 Å². The Labute approximate surface area is 99.4 Å². The third kappa shape index (κ3) is 4.12. The lowest BCUT2D eigenvalue weighted by atomic mass is 9.74. The molecule has 1 fully saturated rings. The lowest BCUT2D eigenvalue weighted by Crippen LogP contribution is -2.42. The van der Waals surface area contributed by atoms with E-state index in [1.165, 1.54) is 12.8 Å². The quantitative estimate of drug-likeness (QED) is 0.752. The lowest BCUT2D eigenvalue weighted by Gasteiger charge is -2.37. The molecule has 0 spiro atoms. The summed E-state index contributed by atoms with van der Waals surface area (Å²) in [7, 11) is 0. The lowest BCUT2D eigenvalue weighted by molar-refractivity contribution is -0.121. The smallest absolute Gasteiger partial charge is 0.220 e. The van der Waals surface area contributed by atoms with Crippen LogP contribution in [0, 0.1) is 11.3 Å². The molecule has 1 aliphatic heterocycles. The molecule has 0 aromatic carbocycles. The Hall–Kier alpha value is -0.570. The van der Waals surface area contributed by atoms with Crippen molar-refractivity contribution < 1.29 is 4.79 Å². The molecule has 94 valence electrons. The predicted molar refractivity (Wildman–Crippen MR) is 67.3 cm³/mol. The van der Waals surface area contributed by atoms with Gasteiger partial charge in [0.05, 0.1) is 0 Å². The zero-order chi connectivity index (χ0) is 12.0. The van der Waals surface area contributed by atoms with Gasteiger partial charge in [-0.05, 0) is 43.7 Å². The minimum absolute atomic E-state index is 0.199. The van der Waals surface area contributed by atoms with Crippen molar-refractivity contribution in [2.75, 3.05) is 19.6 Å². The van der Waals surface area contributed by atoms with Gasteiger partial charge in [-0.2, -0.15) is 0 Å². The molecule has 1 saturated heterocycles. The van der Waals surface area contributed by atoms with Crippen LogP contribution in [0.3, 0.4) is 0 Å². The molecule has 0 radical (unpaired) electrons. The molecule has 1 heterocycles. The molecule has 16 heavy (non-hydrogen) atoms. The first-order chi connectivity index (χ1) is 7.56. The van der Waals surface area contributed by atoms with Crippen LogP contribution in [-0.2, 0) is 4.79 Å². The van der Waals surface area contributed by atoms with E-state index in [4.69, 9.17) is 0 Å². The zero-order valence-corrected chi connectivity index (χ0v) is 10.9. The van der Waals surface area contributed by atoms with Crippen LogP contribution in [0.2, 0.25) is 0 Å². The molecule has 0 bridgehead atoms. The number of nitrogens with one attached hydrogen (secondary N) is 2. The van der Waals surface area contributed by atoms with Crippen LogP contribution in [0.1, 0.15) is 46.5 Å². The van der Waals surface area contributed by atoms with Gasteiger partial charge >= 0.3 is 0 Å². The molecule has 0 aromatic rings. The fourth-order valence-corrected chi connectivity index (χ4v) is 2.39. The molecule has 0 saturated carbocycles. The van der Waals surface area contributed by atoms with Crippen LogP contribution in [-0.4, -0.2) is 25.5 Å². The summed E-state index contributed by atoms with van der Waals surface area (Å²) in [4.78, 5) is 11.4. The van der Waals surface area contributed by atoms with E-state index in [0.717, 1.165) is 32.0 Å². The van der Waals surface area contributed by atoms with Gasteiger partial charge in [-0.3, -0.25) is 4.79 Å².